The molecule has 1 aromatic carbocycles. The minimum absolute atomic E-state index is 0.218. The van der Waals surface area contributed by atoms with E-state index in [4.69, 9.17) is 15.2 Å². The van der Waals surface area contributed by atoms with E-state index in [0.717, 1.165) is 11.3 Å². The lowest BCUT2D eigenvalue weighted by atomic mass is 10.1. The van der Waals surface area contributed by atoms with E-state index < -0.39 is 0 Å². The van der Waals surface area contributed by atoms with Gasteiger partial charge in [0.1, 0.15) is 0 Å². The average molecular weight is 181 g/mol. The van der Waals surface area contributed by atoms with Crippen molar-refractivity contribution in [1.82, 2.24) is 0 Å². The number of benzene rings is 1. The van der Waals surface area contributed by atoms with Crippen molar-refractivity contribution < 1.29 is 9.47 Å². The Morgan fingerprint density at radius 2 is 1.85 bits per heavy atom. The summed E-state index contributed by atoms with van der Waals surface area (Å²) in [4.78, 5) is 0. The van der Waals surface area contributed by atoms with Gasteiger partial charge < -0.3 is 15.2 Å². The summed E-state index contributed by atoms with van der Waals surface area (Å²) in [6, 6.07) is 7.71. The highest BCUT2D eigenvalue weighted by atomic mass is 16.7. The molecule has 2 N–H and O–H groups in total. The quantitative estimate of drug-likeness (QED) is 0.564. The lowest BCUT2D eigenvalue weighted by molar-refractivity contribution is -0.100. The summed E-state index contributed by atoms with van der Waals surface area (Å²) in [7, 11) is 3.24. The number of para-hydroxylation sites is 1. The number of hydrogen-bond donors (Lipinski definition) is 1. The minimum atomic E-state index is -0.218. The van der Waals surface area contributed by atoms with Crippen LogP contribution in [0.2, 0.25) is 0 Å². The zero-order chi connectivity index (χ0) is 9.68. The second kappa shape index (κ2) is 4.84. The van der Waals surface area contributed by atoms with Crippen LogP contribution < -0.4 is 5.73 Å². The normalized spacial score (nSPS) is 10.7. The molecule has 0 saturated heterocycles. The van der Waals surface area contributed by atoms with E-state index in [1.54, 1.807) is 14.2 Å². The molecule has 0 unspecified atom stereocenters. The molecule has 0 aliphatic heterocycles. The molecule has 0 aliphatic rings. The Balaban J connectivity index is 2.67. The first-order chi connectivity index (χ1) is 6.27. The molecule has 0 fully saturated rings. The van der Waals surface area contributed by atoms with Gasteiger partial charge >= 0.3 is 0 Å². The molecule has 0 spiro atoms. The van der Waals surface area contributed by atoms with Gasteiger partial charge in [0.25, 0.3) is 0 Å². The van der Waals surface area contributed by atoms with Crippen LogP contribution in [0.15, 0.2) is 24.3 Å². The van der Waals surface area contributed by atoms with Crippen molar-refractivity contribution in [1.29, 1.82) is 0 Å². The lowest BCUT2D eigenvalue weighted by Gasteiger charge is -2.14. The molecule has 0 aliphatic carbocycles. The van der Waals surface area contributed by atoms with Gasteiger partial charge in [0.15, 0.2) is 6.29 Å². The van der Waals surface area contributed by atoms with Gasteiger partial charge in [-0.25, -0.2) is 0 Å². The minimum Gasteiger partial charge on any atom is -0.399 e. The molecule has 0 saturated carbocycles. The van der Waals surface area contributed by atoms with Gasteiger partial charge in [-0.15, -0.1) is 0 Å². The summed E-state index contributed by atoms with van der Waals surface area (Å²) in [6.45, 7) is 0. The molecule has 0 amide bonds. The van der Waals surface area contributed by atoms with Gasteiger partial charge in [0, 0.05) is 26.3 Å². The van der Waals surface area contributed by atoms with Gasteiger partial charge in [-0.3, -0.25) is 0 Å². The first kappa shape index (κ1) is 10.0. The molecule has 0 radical (unpaired) electrons. The third kappa shape index (κ3) is 2.72. The molecule has 3 nitrogen and oxygen atoms in total. The standard InChI is InChI=1S/C10H15NO2/c1-12-10(13-2)7-8-5-3-4-6-9(8)11/h3-6,10H,7,11H2,1-2H3. The number of nitrogen functional groups attached to an aromatic ring is 1. The number of ether oxygens (including phenoxy) is 2. The molecule has 0 aromatic heterocycles. The first-order valence-electron chi connectivity index (χ1n) is 4.17. The maximum Gasteiger partial charge on any atom is 0.160 e. The Hall–Kier alpha value is -1.06. The van der Waals surface area contributed by atoms with Crippen molar-refractivity contribution in [2.75, 3.05) is 20.0 Å². The molecular formula is C10H15NO2. The van der Waals surface area contributed by atoms with Crippen LogP contribution in [-0.2, 0) is 15.9 Å². The largest absolute Gasteiger partial charge is 0.399 e. The molecule has 72 valence electrons. The van der Waals surface area contributed by atoms with E-state index in [1.807, 2.05) is 24.3 Å². The van der Waals surface area contributed by atoms with Crippen molar-refractivity contribution in [3.05, 3.63) is 29.8 Å². The molecule has 1 aromatic rings. The van der Waals surface area contributed by atoms with Crippen LogP contribution in [0, 0.1) is 0 Å². The monoisotopic (exact) mass is 181 g/mol. The molecule has 0 heterocycles. The van der Waals surface area contributed by atoms with Gasteiger partial charge in [0.2, 0.25) is 0 Å². The second-order valence-electron chi connectivity index (χ2n) is 2.80. The van der Waals surface area contributed by atoms with E-state index in [1.165, 1.54) is 0 Å². The fourth-order valence-corrected chi connectivity index (χ4v) is 1.16. The highest BCUT2D eigenvalue weighted by molar-refractivity contribution is 5.46. The number of methoxy groups -OCH3 is 2. The third-order valence-corrected chi connectivity index (χ3v) is 1.97. The molecule has 3 heteroatoms. The van der Waals surface area contributed by atoms with Crippen LogP contribution in [0.3, 0.4) is 0 Å². The van der Waals surface area contributed by atoms with Crippen molar-refractivity contribution in [2.24, 2.45) is 0 Å². The van der Waals surface area contributed by atoms with Crippen LogP contribution in [0.4, 0.5) is 5.69 Å². The number of rotatable bonds is 4. The van der Waals surface area contributed by atoms with Crippen LogP contribution in [0.1, 0.15) is 5.56 Å². The van der Waals surface area contributed by atoms with Gasteiger partial charge in [-0.05, 0) is 11.6 Å². The fourth-order valence-electron chi connectivity index (χ4n) is 1.16. The topological polar surface area (TPSA) is 44.5 Å². The van der Waals surface area contributed by atoms with Gasteiger partial charge in [-0.2, -0.15) is 0 Å². The first-order valence-corrected chi connectivity index (χ1v) is 4.17. The van der Waals surface area contributed by atoms with E-state index in [-0.39, 0.29) is 6.29 Å². The molecule has 1 rings (SSSR count). The van der Waals surface area contributed by atoms with E-state index in [9.17, 15) is 0 Å². The predicted octanol–water partition coefficient (Wildman–Crippen LogP) is 1.43. The predicted molar refractivity (Wildman–Crippen MR) is 52.4 cm³/mol. The van der Waals surface area contributed by atoms with Crippen molar-refractivity contribution in [3.8, 4) is 0 Å². The highest BCUT2D eigenvalue weighted by Crippen LogP contribution is 2.13. The number of nitrogens with two attached hydrogens (primary N) is 1. The lowest BCUT2D eigenvalue weighted by Crippen LogP contribution is -2.16. The Bertz CT molecular complexity index is 259. The van der Waals surface area contributed by atoms with Crippen molar-refractivity contribution >= 4 is 5.69 Å². The molecule has 13 heavy (non-hydrogen) atoms. The fraction of sp³-hybridized carbons (Fsp3) is 0.400. The summed E-state index contributed by atoms with van der Waals surface area (Å²) in [5.41, 5.74) is 7.60. The summed E-state index contributed by atoms with van der Waals surface area (Å²) in [6.07, 6.45) is 0.462. The van der Waals surface area contributed by atoms with Crippen LogP contribution in [-0.4, -0.2) is 20.5 Å². The van der Waals surface area contributed by atoms with E-state index >= 15 is 0 Å². The van der Waals surface area contributed by atoms with Gasteiger partial charge in [-0.1, -0.05) is 18.2 Å². The summed E-state index contributed by atoms with van der Waals surface area (Å²) in [5, 5.41) is 0. The maximum atomic E-state index is 5.77. The van der Waals surface area contributed by atoms with Crippen LogP contribution in [0.25, 0.3) is 0 Å². The van der Waals surface area contributed by atoms with E-state index in [2.05, 4.69) is 0 Å². The third-order valence-electron chi connectivity index (χ3n) is 1.97. The average Bonchev–Trinajstić information content (AvgIpc) is 2.17. The smallest absolute Gasteiger partial charge is 0.160 e. The van der Waals surface area contributed by atoms with Crippen LogP contribution in [0.5, 0.6) is 0 Å². The van der Waals surface area contributed by atoms with Crippen LogP contribution >= 0.6 is 0 Å². The number of hydrogen-bond acceptors (Lipinski definition) is 3. The summed E-state index contributed by atoms with van der Waals surface area (Å²) >= 11 is 0. The van der Waals surface area contributed by atoms with Gasteiger partial charge in [0.05, 0.1) is 0 Å². The molecule has 0 atom stereocenters. The Morgan fingerprint density at radius 3 is 2.38 bits per heavy atom. The Labute approximate surface area is 78.5 Å². The maximum absolute atomic E-state index is 5.77. The van der Waals surface area contributed by atoms with E-state index in [0.29, 0.717) is 6.42 Å². The zero-order valence-corrected chi connectivity index (χ0v) is 7.99. The highest BCUT2D eigenvalue weighted by Gasteiger charge is 2.07. The molecule has 0 bridgehead atoms. The number of anilines is 1. The molecular weight excluding hydrogens is 166 g/mol. The SMILES string of the molecule is COC(Cc1ccccc1N)OC. The van der Waals surface area contributed by atoms with Crippen molar-refractivity contribution in [3.63, 3.8) is 0 Å². The Morgan fingerprint density at radius 1 is 1.23 bits per heavy atom. The Kier molecular flexibility index (Phi) is 3.73. The second-order valence-corrected chi connectivity index (χ2v) is 2.80. The summed E-state index contributed by atoms with van der Waals surface area (Å²) < 4.78 is 10.2. The zero-order valence-electron chi connectivity index (χ0n) is 7.99. The summed E-state index contributed by atoms with van der Waals surface area (Å²) in [5.74, 6) is 0. The van der Waals surface area contributed by atoms with Crippen molar-refractivity contribution in [2.45, 2.75) is 12.7 Å².